The zero-order valence-corrected chi connectivity index (χ0v) is 9.81. The molecule has 0 aliphatic heterocycles. The molecule has 3 heteroatoms. The van der Waals surface area contributed by atoms with Gasteiger partial charge in [0.05, 0.1) is 11.0 Å². The van der Waals surface area contributed by atoms with Crippen LogP contribution in [0.2, 0.25) is 5.02 Å². The maximum Gasteiger partial charge on any atom is 0.0757 e. The summed E-state index contributed by atoms with van der Waals surface area (Å²) in [7, 11) is 0. The molecule has 0 heterocycles. The van der Waals surface area contributed by atoms with E-state index in [1.54, 1.807) is 13.8 Å². The lowest BCUT2D eigenvalue weighted by molar-refractivity contribution is 0.0754. The second-order valence-electron chi connectivity index (χ2n) is 3.92. The van der Waals surface area contributed by atoms with E-state index in [-0.39, 0.29) is 5.38 Å². The van der Waals surface area contributed by atoms with Crippen LogP contribution in [0.4, 0.5) is 0 Å². The minimum absolute atomic E-state index is 0.331. The highest BCUT2D eigenvalue weighted by molar-refractivity contribution is 6.31. The number of aliphatic hydroxyl groups is 1. The molecule has 1 unspecified atom stereocenters. The maximum absolute atomic E-state index is 9.66. The fourth-order valence-electron chi connectivity index (χ4n) is 1.11. The van der Waals surface area contributed by atoms with Crippen molar-refractivity contribution < 1.29 is 5.11 Å². The number of hydrogen-bond acceptors (Lipinski definition) is 1. The van der Waals surface area contributed by atoms with Crippen molar-refractivity contribution in [2.45, 2.75) is 31.2 Å². The summed E-state index contributed by atoms with van der Waals surface area (Å²) in [6.07, 6.45) is 0.574. The van der Waals surface area contributed by atoms with Gasteiger partial charge in [0.15, 0.2) is 0 Å². The van der Waals surface area contributed by atoms with E-state index in [1.165, 1.54) is 0 Å². The van der Waals surface area contributed by atoms with Gasteiger partial charge < -0.3 is 5.11 Å². The van der Waals surface area contributed by atoms with E-state index in [9.17, 15) is 5.11 Å². The SMILES string of the molecule is CC(C)(O)C(Cl)Cc1ccccc1Cl. The summed E-state index contributed by atoms with van der Waals surface area (Å²) in [6, 6.07) is 7.53. The van der Waals surface area contributed by atoms with Crippen molar-refractivity contribution in [2.24, 2.45) is 0 Å². The molecule has 0 radical (unpaired) electrons. The monoisotopic (exact) mass is 232 g/mol. The van der Waals surface area contributed by atoms with Crippen molar-refractivity contribution in [1.29, 1.82) is 0 Å². The Kier molecular flexibility index (Phi) is 3.82. The van der Waals surface area contributed by atoms with Crippen molar-refractivity contribution in [3.63, 3.8) is 0 Å². The lowest BCUT2D eigenvalue weighted by Crippen LogP contribution is -2.33. The Hall–Kier alpha value is -0.240. The molecular formula is C11H14Cl2O. The highest BCUT2D eigenvalue weighted by Crippen LogP contribution is 2.23. The van der Waals surface area contributed by atoms with E-state index in [4.69, 9.17) is 23.2 Å². The van der Waals surface area contributed by atoms with Crippen molar-refractivity contribution in [3.05, 3.63) is 34.9 Å². The normalized spacial score (nSPS) is 14.1. The fraction of sp³-hybridized carbons (Fsp3) is 0.455. The molecule has 0 aliphatic carbocycles. The molecule has 0 bridgehead atoms. The summed E-state index contributed by atoms with van der Waals surface area (Å²) in [6.45, 7) is 3.39. The molecule has 1 aromatic rings. The van der Waals surface area contributed by atoms with E-state index in [0.717, 1.165) is 5.56 Å². The molecule has 0 spiro atoms. The first-order valence-corrected chi connectivity index (χ1v) is 5.32. The van der Waals surface area contributed by atoms with Gasteiger partial charge in [-0.2, -0.15) is 0 Å². The van der Waals surface area contributed by atoms with Gasteiger partial charge in [0.1, 0.15) is 0 Å². The van der Waals surface area contributed by atoms with Crippen LogP contribution in [0, 0.1) is 0 Å². The zero-order chi connectivity index (χ0) is 10.8. The fourth-order valence-corrected chi connectivity index (χ4v) is 1.49. The number of alkyl halides is 1. The van der Waals surface area contributed by atoms with E-state index in [0.29, 0.717) is 11.4 Å². The van der Waals surface area contributed by atoms with Gasteiger partial charge in [-0.1, -0.05) is 29.8 Å². The van der Waals surface area contributed by atoms with Gasteiger partial charge in [0.2, 0.25) is 0 Å². The van der Waals surface area contributed by atoms with Crippen molar-refractivity contribution in [2.75, 3.05) is 0 Å². The van der Waals surface area contributed by atoms with Gasteiger partial charge in [-0.3, -0.25) is 0 Å². The van der Waals surface area contributed by atoms with Crippen LogP contribution in [0.15, 0.2) is 24.3 Å². The second kappa shape index (κ2) is 4.52. The zero-order valence-electron chi connectivity index (χ0n) is 8.30. The third-order valence-corrected chi connectivity index (χ3v) is 3.18. The molecule has 0 fully saturated rings. The van der Waals surface area contributed by atoms with Crippen molar-refractivity contribution >= 4 is 23.2 Å². The van der Waals surface area contributed by atoms with Gasteiger partial charge >= 0.3 is 0 Å². The summed E-state index contributed by atoms with van der Waals surface area (Å²) in [5, 5.41) is 10.0. The molecule has 1 rings (SSSR count). The highest BCUT2D eigenvalue weighted by Gasteiger charge is 2.25. The Balaban J connectivity index is 2.75. The van der Waals surface area contributed by atoms with Gasteiger partial charge in [-0.05, 0) is 31.9 Å². The molecule has 78 valence electrons. The number of benzene rings is 1. The van der Waals surface area contributed by atoms with E-state index < -0.39 is 5.60 Å². The van der Waals surface area contributed by atoms with Crippen LogP contribution in [0.1, 0.15) is 19.4 Å². The molecule has 0 amide bonds. The molecule has 1 nitrogen and oxygen atoms in total. The first kappa shape index (κ1) is 11.8. The second-order valence-corrected chi connectivity index (χ2v) is 4.85. The van der Waals surface area contributed by atoms with Crippen LogP contribution >= 0.6 is 23.2 Å². The Morgan fingerprint density at radius 3 is 2.43 bits per heavy atom. The van der Waals surface area contributed by atoms with Crippen molar-refractivity contribution in [1.82, 2.24) is 0 Å². The molecule has 1 N–H and O–H groups in total. The Labute approximate surface area is 94.7 Å². The first-order chi connectivity index (χ1) is 6.41. The summed E-state index contributed by atoms with van der Waals surface area (Å²) in [5.41, 5.74) is 0.0806. The van der Waals surface area contributed by atoms with Crippen LogP contribution in [-0.4, -0.2) is 16.1 Å². The van der Waals surface area contributed by atoms with Gasteiger partial charge in [-0.15, -0.1) is 11.6 Å². The molecule has 0 aliphatic rings. The van der Waals surface area contributed by atoms with Crippen LogP contribution in [0.5, 0.6) is 0 Å². The summed E-state index contributed by atoms with van der Waals surface area (Å²) >= 11 is 12.0. The lowest BCUT2D eigenvalue weighted by atomic mass is 9.98. The molecule has 1 aromatic carbocycles. The summed E-state index contributed by atoms with van der Waals surface area (Å²) < 4.78 is 0. The maximum atomic E-state index is 9.66. The van der Waals surface area contributed by atoms with Crippen LogP contribution in [0.3, 0.4) is 0 Å². The first-order valence-electron chi connectivity index (χ1n) is 4.51. The van der Waals surface area contributed by atoms with E-state index >= 15 is 0 Å². The summed E-state index contributed by atoms with van der Waals surface area (Å²) in [4.78, 5) is 0. The average Bonchev–Trinajstić information content (AvgIpc) is 2.07. The van der Waals surface area contributed by atoms with Crippen LogP contribution in [0.25, 0.3) is 0 Å². The third kappa shape index (κ3) is 3.16. The average molecular weight is 233 g/mol. The van der Waals surface area contributed by atoms with Crippen LogP contribution < -0.4 is 0 Å². The Morgan fingerprint density at radius 1 is 1.36 bits per heavy atom. The molecule has 0 saturated heterocycles. The quantitative estimate of drug-likeness (QED) is 0.794. The van der Waals surface area contributed by atoms with Gasteiger partial charge in [-0.25, -0.2) is 0 Å². The van der Waals surface area contributed by atoms with E-state index in [2.05, 4.69) is 0 Å². The predicted molar refractivity (Wildman–Crippen MR) is 61.1 cm³/mol. The molecule has 0 saturated carbocycles. The number of hydrogen-bond donors (Lipinski definition) is 1. The topological polar surface area (TPSA) is 20.2 Å². The molecule has 14 heavy (non-hydrogen) atoms. The smallest absolute Gasteiger partial charge is 0.0757 e. The third-order valence-electron chi connectivity index (χ3n) is 2.12. The number of rotatable bonds is 3. The highest BCUT2D eigenvalue weighted by atomic mass is 35.5. The molecule has 1 atom stereocenters. The largest absolute Gasteiger partial charge is 0.389 e. The van der Waals surface area contributed by atoms with E-state index in [1.807, 2.05) is 24.3 Å². The minimum Gasteiger partial charge on any atom is -0.389 e. The predicted octanol–water partition coefficient (Wildman–Crippen LogP) is 3.26. The molecule has 0 aromatic heterocycles. The van der Waals surface area contributed by atoms with Gasteiger partial charge in [0, 0.05) is 5.02 Å². The number of halogens is 2. The molecular weight excluding hydrogens is 219 g/mol. The lowest BCUT2D eigenvalue weighted by Gasteiger charge is -2.24. The summed E-state index contributed by atoms with van der Waals surface area (Å²) in [5.74, 6) is 0. The van der Waals surface area contributed by atoms with Crippen molar-refractivity contribution in [3.8, 4) is 0 Å². The minimum atomic E-state index is -0.888. The Morgan fingerprint density at radius 2 is 1.93 bits per heavy atom. The standard InChI is InChI=1S/C11H14Cl2O/c1-11(2,14)10(13)7-8-5-3-4-6-9(8)12/h3-6,10,14H,7H2,1-2H3. The van der Waals surface area contributed by atoms with Gasteiger partial charge in [0.25, 0.3) is 0 Å². The van der Waals surface area contributed by atoms with Crippen LogP contribution in [-0.2, 0) is 6.42 Å². The Bertz CT molecular complexity index is 304.